The summed E-state index contributed by atoms with van der Waals surface area (Å²) in [6.45, 7) is 3.73. The predicted molar refractivity (Wildman–Crippen MR) is 142 cm³/mol. The lowest BCUT2D eigenvalue weighted by molar-refractivity contribution is 0.415. The molecular formula is C26H25N5O5S. The Morgan fingerprint density at radius 2 is 1.38 bits per heavy atom. The van der Waals surface area contributed by atoms with Crippen molar-refractivity contribution >= 4 is 49.3 Å². The van der Waals surface area contributed by atoms with Gasteiger partial charge in [0.05, 0.1) is 37.0 Å². The Hall–Kier alpha value is -4.35. The van der Waals surface area contributed by atoms with Crippen LogP contribution in [0.2, 0.25) is 0 Å². The normalized spacial score (nSPS) is 12.0. The SMILES string of the molecule is COc1cc(N=Nc2cc(C)c(N=Nc3ccc4cccc(S(=O)(=O)O)c4c3)cc2OC)c(C)cc1N. The molecule has 0 saturated carbocycles. The topological polar surface area (TPSA) is 148 Å². The minimum atomic E-state index is -4.39. The highest BCUT2D eigenvalue weighted by atomic mass is 32.2. The first-order chi connectivity index (χ1) is 17.6. The van der Waals surface area contributed by atoms with Gasteiger partial charge in [-0.3, -0.25) is 4.55 Å². The van der Waals surface area contributed by atoms with Gasteiger partial charge in [0.25, 0.3) is 10.1 Å². The van der Waals surface area contributed by atoms with Gasteiger partial charge in [0, 0.05) is 17.5 Å². The number of nitrogens with zero attached hydrogens (tertiary/aromatic N) is 4. The molecule has 4 rings (SSSR count). The van der Waals surface area contributed by atoms with Crippen molar-refractivity contribution in [1.29, 1.82) is 0 Å². The van der Waals surface area contributed by atoms with E-state index in [1.165, 1.54) is 20.3 Å². The lowest BCUT2D eigenvalue weighted by Gasteiger charge is -2.09. The van der Waals surface area contributed by atoms with Crippen molar-refractivity contribution in [3.63, 3.8) is 0 Å². The first kappa shape index (κ1) is 25.7. The van der Waals surface area contributed by atoms with Crippen molar-refractivity contribution in [2.75, 3.05) is 20.0 Å². The molecule has 0 aliphatic carbocycles. The minimum absolute atomic E-state index is 0.191. The van der Waals surface area contributed by atoms with Gasteiger partial charge in [0.1, 0.15) is 22.1 Å². The summed E-state index contributed by atoms with van der Waals surface area (Å²) in [4.78, 5) is -0.191. The number of methoxy groups -OCH3 is 2. The van der Waals surface area contributed by atoms with Crippen LogP contribution in [-0.4, -0.2) is 27.2 Å². The number of ether oxygens (including phenoxy) is 2. The van der Waals surface area contributed by atoms with Crippen LogP contribution >= 0.6 is 0 Å². The fourth-order valence-electron chi connectivity index (χ4n) is 3.73. The van der Waals surface area contributed by atoms with Gasteiger partial charge in [-0.1, -0.05) is 18.2 Å². The number of nitrogen functional groups attached to an aromatic ring is 1. The predicted octanol–water partition coefficient (Wildman–Crippen LogP) is 7.13. The second-order valence-electron chi connectivity index (χ2n) is 8.23. The molecule has 0 radical (unpaired) electrons. The third-order valence-electron chi connectivity index (χ3n) is 5.69. The summed E-state index contributed by atoms with van der Waals surface area (Å²) >= 11 is 0. The monoisotopic (exact) mass is 519 g/mol. The van der Waals surface area contributed by atoms with E-state index in [9.17, 15) is 13.0 Å². The molecule has 0 heterocycles. The maximum absolute atomic E-state index is 11.8. The van der Waals surface area contributed by atoms with Gasteiger partial charge >= 0.3 is 0 Å². The Morgan fingerprint density at radius 1 is 0.757 bits per heavy atom. The second-order valence-corrected chi connectivity index (χ2v) is 9.62. The van der Waals surface area contributed by atoms with Crippen LogP contribution in [0.5, 0.6) is 11.5 Å². The first-order valence-electron chi connectivity index (χ1n) is 11.1. The zero-order valence-corrected chi connectivity index (χ0v) is 21.4. The van der Waals surface area contributed by atoms with Crippen LogP contribution < -0.4 is 15.2 Å². The Balaban J connectivity index is 1.67. The Kier molecular flexibility index (Phi) is 7.18. The number of azo groups is 2. The number of aryl methyl sites for hydroxylation is 2. The van der Waals surface area contributed by atoms with Crippen molar-refractivity contribution in [1.82, 2.24) is 0 Å². The van der Waals surface area contributed by atoms with Crippen molar-refractivity contribution in [2.24, 2.45) is 20.5 Å². The van der Waals surface area contributed by atoms with Gasteiger partial charge in [-0.15, -0.1) is 5.11 Å². The van der Waals surface area contributed by atoms with Gasteiger partial charge in [-0.25, -0.2) is 0 Å². The summed E-state index contributed by atoms with van der Waals surface area (Å²) in [5.41, 5.74) is 10.1. The number of fused-ring (bicyclic) bond motifs is 1. The maximum Gasteiger partial charge on any atom is 0.295 e. The van der Waals surface area contributed by atoms with E-state index in [4.69, 9.17) is 15.2 Å². The molecule has 11 heteroatoms. The molecular weight excluding hydrogens is 494 g/mol. The third-order valence-corrected chi connectivity index (χ3v) is 6.60. The van der Waals surface area contributed by atoms with E-state index < -0.39 is 10.1 Å². The van der Waals surface area contributed by atoms with Crippen LogP contribution in [-0.2, 0) is 10.1 Å². The van der Waals surface area contributed by atoms with Crippen molar-refractivity contribution in [2.45, 2.75) is 18.7 Å². The molecule has 0 bridgehead atoms. The zero-order chi connectivity index (χ0) is 26.7. The molecule has 4 aromatic rings. The van der Waals surface area contributed by atoms with Gasteiger partial charge in [-0.2, -0.15) is 23.8 Å². The number of hydrogen-bond donors (Lipinski definition) is 2. The Bertz CT molecular complexity index is 1670. The van der Waals surface area contributed by atoms with Crippen molar-refractivity contribution in [3.05, 3.63) is 71.8 Å². The number of nitrogens with two attached hydrogens (primary N) is 1. The summed E-state index contributed by atoms with van der Waals surface area (Å²) in [5, 5.41) is 18.3. The number of benzene rings is 4. The second kappa shape index (κ2) is 10.3. The highest BCUT2D eigenvalue weighted by molar-refractivity contribution is 7.86. The smallest absolute Gasteiger partial charge is 0.295 e. The summed E-state index contributed by atoms with van der Waals surface area (Å²) in [7, 11) is -1.34. The molecule has 190 valence electrons. The molecule has 37 heavy (non-hydrogen) atoms. The van der Waals surface area contributed by atoms with Crippen LogP contribution in [0.15, 0.2) is 86.0 Å². The van der Waals surface area contributed by atoms with E-state index in [1.807, 2.05) is 13.8 Å². The van der Waals surface area contributed by atoms with Gasteiger partial charge in [0.2, 0.25) is 0 Å². The minimum Gasteiger partial charge on any atom is -0.495 e. The van der Waals surface area contributed by atoms with E-state index in [-0.39, 0.29) is 4.90 Å². The summed E-state index contributed by atoms with van der Waals surface area (Å²) in [6, 6.07) is 16.6. The van der Waals surface area contributed by atoms with E-state index in [2.05, 4.69) is 20.5 Å². The molecule has 0 fully saturated rings. The standard InChI is InChI=1S/C26H25N5O5S/c1-15-10-20(27)24(35-3)13-21(15)30-31-23-11-16(2)22(14-25(23)36-4)29-28-18-9-8-17-6-5-7-26(19(17)12-18)37(32,33)34/h5-14H,27H2,1-4H3,(H,32,33,34). The fourth-order valence-corrected chi connectivity index (χ4v) is 4.44. The molecule has 0 aliphatic heterocycles. The number of rotatable bonds is 7. The molecule has 0 saturated heterocycles. The zero-order valence-electron chi connectivity index (χ0n) is 20.6. The van der Waals surface area contributed by atoms with Crippen molar-refractivity contribution < 1.29 is 22.4 Å². The van der Waals surface area contributed by atoms with Gasteiger partial charge in [-0.05, 0) is 60.7 Å². The summed E-state index contributed by atoms with van der Waals surface area (Å²) < 4.78 is 43.8. The summed E-state index contributed by atoms with van der Waals surface area (Å²) in [5.74, 6) is 0.950. The van der Waals surface area contributed by atoms with Crippen LogP contribution in [0.4, 0.5) is 28.4 Å². The lowest BCUT2D eigenvalue weighted by Crippen LogP contribution is -1.98. The molecule has 4 aromatic carbocycles. The highest BCUT2D eigenvalue weighted by Crippen LogP contribution is 2.38. The van der Waals surface area contributed by atoms with E-state index in [0.29, 0.717) is 50.7 Å². The molecule has 0 aromatic heterocycles. The lowest BCUT2D eigenvalue weighted by atomic mass is 10.1. The van der Waals surface area contributed by atoms with Crippen LogP contribution in [0.25, 0.3) is 10.8 Å². The van der Waals surface area contributed by atoms with Gasteiger partial charge < -0.3 is 15.2 Å². The Morgan fingerprint density at radius 3 is 2.05 bits per heavy atom. The first-order valence-corrected chi connectivity index (χ1v) is 12.5. The maximum atomic E-state index is 11.8. The van der Waals surface area contributed by atoms with E-state index >= 15 is 0 Å². The number of anilines is 1. The van der Waals surface area contributed by atoms with Gasteiger partial charge in [0.15, 0.2) is 0 Å². The average Bonchev–Trinajstić information content (AvgIpc) is 2.86. The van der Waals surface area contributed by atoms with E-state index in [1.54, 1.807) is 54.6 Å². The largest absolute Gasteiger partial charge is 0.495 e. The highest BCUT2D eigenvalue weighted by Gasteiger charge is 2.14. The fraction of sp³-hybridized carbons (Fsp3) is 0.154. The average molecular weight is 520 g/mol. The van der Waals surface area contributed by atoms with Crippen molar-refractivity contribution in [3.8, 4) is 11.5 Å². The third kappa shape index (κ3) is 5.57. The molecule has 0 aliphatic rings. The Labute approximate surface area is 214 Å². The van der Waals surface area contributed by atoms with E-state index in [0.717, 1.165) is 11.1 Å². The van der Waals surface area contributed by atoms with Crippen LogP contribution in [0, 0.1) is 13.8 Å². The molecule has 0 amide bonds. The summed E-state index contributed by atoms with van der Waals surface area (Å²) in [6.07, 6.45) is 0. The molecule has 3 N–H and O–H groups in total. The number of hydrogen-bond acceptors (Lipinski definition) is 9. The molecule has 0 unspecified atom stereocenters. The quantitative estimate of drug-likeness (QED) is 0.151. The molecule has 0 spiro atoms. The van der Waals surface area contributed by atoms with Crippen LogP contribution in [0.1, 0.15) is 11.1 Å². The molecule has 0 atom stereocenters. The van der Waals surface area contributed by atoms with Crippen LogP contribution in [0.3, 0.4) is 0 Å². The molecule has 10 nitrogen and oxygen atoms in total.